The molecule has 200 valence electrons. The molecule has 0 radical (unpaired) electrons. The summed E-state index contributed by atoms with van der Waals surface area (Å²) in [6, 6.07) is 16.6. The van der Waals surface area contributed by atoms with E-state index < -0.39 is 38.2 Å². The zero-order valence-electron chi connectivity index (χ0n) is 21.5. The molecular formula is C29H27FN4O4S. The van der Waals surface area contributed by atoms with Gasteiger partial charge in [-0.1, -0.05) is 44.5 Å². The van der Waals surface area contributed by atoms with Crippen LogP contribution >= 0.6 is 0 Å². The summed E-state index contributed by atoms with van der Waals surface area (Å²) in [6.45, 7) is 3.81. The number of nitriles is 1. The molecule has 8 nitrogen and oxygen atoms in total. The van der Waals surface area contributed by atoms with Crippen LogP contribution in [0.5, 0.6) is 5.88 Å². The first-order valence-electron chi connectivity index (χ1n) is 12.5. The van der Waals surface area contributed by atoms with E-state index >= 15 is 0 Å². The molecule has 4 rings (SSSR count). The van der Waals surface area contributed by atoms with Crippen LogP contribution in [0, 0.1) is 17.3 Å². The lowest BCUT2D eigenvalue weighted by Crippen LogP contribution is -2.33. The molecule has 0 aliphatic heterocycles. The molecule has 1 atom stereocenters. The van der Waals surface area contributed by atoms with Crippen LogP contribution in [0.2, 0.25) is 0 Å². The third-order valence-electron chi connectivity index (χ3n) is 6.49. The number of aromatic nitrogens is 3. The number of sulfone groups is 1. The molecule has 0 bridgehead atoms. The molecule has 0 amide bonds. The summed E-state index contributed by atoms with van der Waals surface area (Å²) in [5.74, 6) is -1.31. The Morgan fingerprint density at radius 1 is 1.10 bits per heavy atom. The van der Waals surface area contributed by atoms with Gasteiger partial charge in [-0.2, -0.15) is 14.6 Å². The van der Waals surface area contributed by atoms with Gasteiger partial charge in [0.1, 0.15) is 5.82 Å². The minimum atomic E-state index is -4.51. The molecule has 0 saturated carbocycles. The van der Waals surface area contributed by atoms with Crippen molar-refractivity contribution in [3.8, 4) is 23.1 Å². The first-order valence-corrected chi connectivity index (χ1v) is 14.0. The van der Waals surface area contributed by atoms with Crippen molar-refractivity contribution in [3.63, 3.8) is 0 Å². The third-order valence-corrected chi connectivity index (χ3v) is 8.27. The highest BCUT2D eigenvalue weighted by molar-refractivity contribution is 7.91. The van der Waals surface area contributed by atoms with Crippen molar-refractivity contribution < 1.29 is 17.9 Å². The largest absolute Gasteiger partial charge is 0.492 e. The maximum absolute atomic E-state index is 14.1. The van der Waals surface area contributed by atoms with E-state index in [1.54, 1.807) is 30.3 Å². The lowest BCUT2D eigenvalue weighted by Gasteiger charge is -2.23. The fraction of sp³-hybridized carbons (Fsp3) is 0.241. The van der Waals surface area contributed by atoms with Crippen LogP contribution in [-0.4, -0.2) is 28.1 Å². The SMILES string of the molecule is CCCCc1nc(O)c(S(=O)(=O)c2ccc(-c3cccnc3F)cc2)c(=O)n1[C@@H](CC)c1cccc(C#N)c1. The summed E-state index contributed by atoms with van der Waals surface area (Å²) < 4.78 is 42.8. The number of halogens is 1. The van der Waals surface area contributed by atoms with Crippen LogP contribution < -0.4 is 5.56 Å². The Morgan fingerprint density at radius 3 is 2.49 bits per heavy atom. The average molecular weight is 547 g/mol. The number of benzene rings is 2. The zero-order chi connectivity index (χ0) is 28.2. The van der Waals surface area contributed by atoms with Crippen molar-refractivity contribution in [1.29, 1.82) is 5.26 Å². The molecule has 0 unspecified atom stereocenters. The number of aromatic hydroxyl groups is 1. The van der Waals surface area contributed by atoms with Gasteiger partial charge in [0.05, 0.1) is 22.6 Å². The van der Waals surface area contributed by atoms with Crippen LogP contribution in [0.1, 0.15) is 56.1 Å². The number of hydrogen-bond donors (Lipinski definition) is 1. The van der Waals surface area contributed by atoms with Gasteiger partial charge in [-0.05, 0) is 60.4 Å². The monoisotopic (exact) mass is 546 g/mol. The molecule has 0 saturated heterocycles. The Hall–Kier alpha value is -4.36. The van der Waals surface area contributed by atoms with Crippen LogP contribution in [0.15, 0.2) is 81.4 Å². The van der Waals surface area contributed by atoms with Gasteiger partial charge in [-0.25, -0.2) is 13.4 Å². The van der Waals surface area contributed by atoms with Crippen LogP contribution in [0.25, 0.3) is 11.1 Å². The second-order valence-corrected chi connectivity index (χ2v) is 10.9. The fourth-order valence-electron chi connectivity index (χ4n) is 4.53. The van der Waals surface area contributed by atoms with Crippen molar-refractivity contribution in [2.24, 2.45) is 0 Å². The molecular weight excluding hydrogens is 519 g/mol. The van der Waals surface area contributed by atoms with E-state index in [1.165, 1.54) is 41.1 Å². The molecule has 4 aromatic rings. The summed E-state index contributed by atoms with van der Waals surface area (Å²) in [5, 5.41) is 20.1. The Morgan fingerprint density at radius 2 is 1.85 bits per heavy atom. The van der Waals surface area contributed by atoms with Gasteiger partial charge in [-0.15, -0.1) is 0 Å². The molecule has 2 heterocycles. The summed E-state index contributed by atoms with van der Waals surface area (Å²) in [7, 11) is -4.51. The van der Waals surface area contributed by atoms with Crippen molar-refractivity contribution in [1.82, 2.24) is 14.5 Å². The second-order valence-electron chi connectivity index (χ2n) is 8.99. The van der Waals surface area contributed by atoms with E-state index in [9.17, 15) is 28.0 Å². The Labute approximate surface area is 226 Å². The molecule has 0 aliphatic carbocycles. The van der Waals surface area contributed by atoms with E-state index in [2.05, 4.69) is 16.0 Å². The maximum atomic E-state index is 14.1. The standard InChI is InChI=1S/C29H27FN4O4S/c1-3-5-11-25-33-28(35)26(29(36)34(25)24(4-2)21-9-6-8-19(17-21)18-31)39(37,38)22-14-12-20(13-15-22)23-10-7-16-32-27(23)30/h6-10,12-17,24,35H,3-5,11H2,1-2H3/t24-/m0/s1. The van der Waals surface area contributed by atoms with Crippen molar-refractivity contribution >= 4 is 9.84 Å². The van der Waals surface area contributed by atoms with Crippen LogP contribution in [0.3, 0.4) is 0 Å². The first-order chi connectivity index (χ1) is 18.7. The minimum Gasteiger partial charge on any atom is -0.492 e. The first kappa shape index (κ1) is 27.7. The van der Waals surface area contributed by atoms with Gasteiger partial charge in [-0.3, -0.25) is 9.36 Å². The predicted octanol–water partition coefficient (Wildman–Crippen LogP) is 5.20. The molecule has 1 N–H and O–H groups in total. The van der Waals surface area contributed by atoms with Gasteiger partial charge in [0, 0.05) is 18.2 Å². The van der Waals surface area contributed by atoms with Gasteiger partial charge in [0.25, 0.3) is 5.56 Å². The van der Waals surface area contributed by atoms with Gasteiger partial charge in [0.15, 0.2) is 4.90 Å². The molecule has 10 heteroatoms. The average Bonchev–Trinajstić information content (AvgIpc) is 2.94. The van der Waals surface area contributed by atoms with Crippen LogP contribution in [-0.2, 0) is 16.3 Å². The van der Waals surface area contributed by atoms with E-state index in [1.807, 2.05) is 13.8 Å². The number of aryl methyl sites for hydroxylation is 1. The van der Waals surface area contributed by atoms with Gasteiger partial charge >= 0.3 is 0 Å². The number of hydrogen-bond acceptors (Lipinski definition) is 7. The Balaban J connectivity index is 1.88. The number of rotatable bonds is 9. The van der Waals surface area contributed by atoms with Gasteiger partial charge < -0.3 is 5.11 Å². The van der Waals surface area contributed by atoms with Crippen molar-refractivity contribution in [2.75, 3.05) is 0 Å². The molecule has 2 aromatic carbocycles. The van der Waals surface area contributed by atoms with E-state index in [0.717, 1.165) is 6.42 Å². The normalized spacial score (nSPS) is 12.2. The zero-order valence-corrected chi connectivity index (χ0v) is 22.3. The van der Waals surface area contributed by atoms with E-state index in [0.29, 0.717) is 36.0 Å². The number of nitrogens with zero attached hydrogens (tertiary/aromatic N) is 4. The molecule has 0 aliphatic rings. The highest BCUT2D eigenvalue weighted by Gasteiger charge is 2.31. The topological polar surface area (TPSA) is 126 Å². The van der Waals surface area contributed by atoms with Gasteiger partial charge in [0.2, 0.25) is 21.7 Å². The number of unbranched alkanes of at least 4 members (excludes halogenated alkanes) is 1. The summed E-state index contributed by atoms with van der Waals surface area (Å²) in [5.41, 5.74) is 0.746. The highest BCUT2D eigenvalue weighted by atomic mass is 32.2. The lowest BCUT2D eigenvalue weighted by atomic mass is 10.0. The predicted molar refractivity (Wildman–Crippen MR) is 143 cm³/mol. The summed E-state index contributed by atoms with van der Waals surface area (Å²) in [6.07, 6.45) is 3.52. The minimum absolute atomic E-state index is 0.194. The van der Waals surface area contributed by atoms with Crippen molar-refractivity contribution in [3.05, 3.63) is 100 Å². The highest BCUT2D eigenvalue weighted by Crippen LogP contribution is 2.30. The second kappa shape index (κ2) is 11.6. The maximum Gasteiger partial charge on any atom is 0.277 e. The Kier molecular flexibility index (Phi) is 8.21. The molecule has 0 spiro atoms. The number of pyridine rings is 1. The van der Waals surface area contributed by atoms with E-state index in [4.69, 9.17) is 0 Å². The third kappa shape index (κ3) is 5.45. The molecule has 39 heavy (non-hydrogen) atoms. The molecule has 0 fully saturated rings. The lowest BCUT2D eigenvalue weighted by molar-refractivity contribution is 0.406. The Bertz CT molecular complexity index is 1710. The summed E-state index contributed by atoms with van der Waals surface area (Å²) >= 11 is 0. The quantitative estimate of drug-likeness (QED) is 0.286. The van der Waals surface area contributed by atoms with Crippen molar-refractivity contribution in [2.45, 2.75) is 55.4 Å². The molecule has 2 aromatic heterocycles. The smallest absolute Gasteiger partial charge is 0.277 e. The van der Waals surface area contributed by atoms with Crippen LogP contribution in [0.4, 0.5) is 4.39 Å². The van der Waals surface area contributed by atoms with E-state index in [-0.39, 0.29) is 16.3 Å². The fourth-order valence-corrected chi connectivity index (χ4v) is 5.88. The summed E-state index contributed by atoms with van der Waals surface area (Å²) in [4.78, 5) is 20.6.